The summed E-state index contributed by atoms with van der Waals surface area (Å²) in [5.74, 6) is -0.617. The molecular formula is C20H23N3O2. The highest BCUT2D eigenvalue weighted by Gasteiger charge is 2.33. The lowest BCUT2D eigenvalue weighted by molar-refractivity contribution is -0.125. The van der Waals surface area contributed by atoms with Crippen LogP contribution < -0.4 is 10.6 Å². The van der Waals surface area contributed by atoms with Gasteiger partial charge in [0.1, 0.15) is 0 Å². The van der Waals surface area contributed by atoms with E-state index in [0.29, 0.717) is 13.0 Å². The highest BCUT2D eigenvalue weighted by atomic mass is 16.2. The Bertz CT molecular complexity index is 830. The van der Waals surface area contributed by atoms with Gasteiger partial charge in [0.2, 0.25) is 11.8 Å². The molecule has 0 saturated heterocycles. The molecule has 2 heterocycles. The Morgan fingerprint density at radius 2 is 2.04 bits per heavy atom. The molecule has 0 aliphatic carbocycles. The van der Waals surface area contributed by atoms with E-state index in [1.165, 1.54) is 0 Å². The topological polar surface area (TPSA) is 71.1 Å². The Morgan fingerprint density at radius 1 is 1.24 bits per heavy atom. The van der Waals surface area contributed by atoms with E-state index in [0.717, 1.165) is 33.6 Å². The minimum atomic E-state index is -0.410. The summed E-state index contributed by atoms with van der Waals surface area (Å²) in [6, 6.07) is 7.92. The number of rotatable bonds is 5. The van der Waals surface area contributed by atoms with Crippen molar-refractivity contribution in [3.63, 3.8) is 0 Å². The summed E-state index contributed by atoms with van der Waals surface area (Å²) in [5, 5.41) is 5.80. The second-order valence-electron chi connectivity index (χ2n) is 6.66. The summed E-state index contributed by atoms with van der Waals surface area (Å²) < 4.78 is 0. The molecule has 0 radical (unpaired) electrons. The standard InChI is InChI=1S/C20H23N3O2/c1-12-9-14(3)19-15(20(25)23-17(19)10-12)11-18(24)22-8-6-16-13(2)5-4-7-21-16/h4-5,7,9-10,15H,6,8,11H2,1-3H3,(H,22,24)(H,23,25)/t15-/m1/s1. The molecule has 3 rings (SSSR count). The lowest BCUT2D eigenvalue weighted by Crippen LogP contribution is -2.29. The SMILES string of the molecule is Cc1cc(C)c2c(c1)NC(=O)[C@@H]2CC(=O)NCCc1ncccc1C. The molecule has 5 nitrogen and oxygen atoms in total. The summed E-state index contributed by atoms with van der Waals surface area (Å²) in [6.45, 7) is 6.51. The number of aryl methyl sites for hydroxylation is 3. The van der Waals surface area contributed by atoms with Crippen molar-refractivity contribution in [2.24, 2.45) is 0 Å². The number of carbonyl (C=O) groups is 2. The molecule has 25 heavy (non-hydrogen) atoms. The van der Waals surface area contributed by atoms with Crippen molar-refractivity contribution in [2.45, 2.75) is 39.5 Å². The number of hydrogen-bond acceptors (Lipinski definition) is 3. The van der Waals surface area contributed by atoms with E-state index < -0.39 is 5.92 Å². The minimum Gasteiger partial charge on any atom is -0.356 e. The molecule has 1 atom stereocenters. The monoisotopic (exact) mass is 337 g/mol. The third-order valence-electron chi connectivity index (χ3n) is 4.65. The lowest BCUT2D eigenvalue weighted by atomic mass is 9.92. The maximum absolute atomic E-state index is 12.3. The largest absolute Gasteiger partial charge is 0.356 e. The van der Waals surface area contributed by atoms with Gasteiger partial charge < -0.3 is 10.6 Å². The average molecular weight is 337 g/mol. The summed E-state index contributed by atoms with van der Waals surface area (Å²) >= 11 is 0. The number of fused-ring (bicyclic) bond motifs is 1. The van der Waals surface area contributed by atoms with Crippen molar-refractivity contribution in [2.75, 3.05) is 11.9 Å². The third kappa shape index (κ3) is 3.71. The first-order valence-electron chi connectivity index (χ1n) is 8.55. The maximum Gasteiger partial charge on any atom is 0.232 e. The first-order valence-corrected chi connectivity index (χ1v) is 8.55. The molecule has 0 spiro atoms. The number of amides is 2. The second-order valence-corrected chi connectivity index (χ2v) is 6.66. The fraction of sp³-hybridized carbons (Fsp3) is 0.350. The van der Waals surface area contributed by atoms with Crippen LogP contribution >= 0.6 is 0 Å². The fourth-order valence-electron chi connectivity index (χ4n) is 3.45. The van der Waals surface area contributed by atoms with Crippen LogP contribution in [0.15, 0.2) is 30.5 Å². The number of aromatic nitrogens is 1. The van der Waals surface area contributed by atoms with Crippen LogP contribution in [-0.2, 0) is 16.0 Å². The van der Waals surface area contributed by atoms with Crippen molar-refractivity contribution in [1.29, 1.82) is 0 Å². The number of hydrogen-bond donors (Lipinski definition) is 2. The predicted octanol–water partition coefficient (Wildman–Crippen LogP) is 2.79. The Morgan fingerprint density at radius 3 is 2.80 bits per heavy atom. The zero-order valence-corrected chi connectivity index (χ0v) is 14.8. The number of nitrogens with zero attached hydrogens (tertiary/aromatic N) is 1. The van der Waals surface area contributed by atoms with Gasteiger partial charge in [0.25, 0.3) is 0 Å². The molecule has 1 aromatic carbocycles. The molecule has 1 aromatic heterocycles. The molecule has 0 fully saturated rings. The van der Waals surface area contributed by atoms with Gasteiger partial charge in [-0.3, -0.25) is 14.6 Å². The first kappa shape index (κ1) is 17.1. The zero-order valence-electron chi connectivity index (χ0n) is 14.8. The van der Waals surface area contributed by atoms with Crippen LogP contribution in [-0.4, -0.2) is 23.3 Å². The zero-order chi connectivity index (χ0) is 18.0. The van der Waals surface area contributed by atoms with Crippen molar-refractivity contribution in [3.05, 3.63) is 58.4 Å². The summed E-state index contributed by atoms with van der Waals surface area (Å²) in [4.78, 5) is 28.9. The lowest BCUT2D eigenvalue weighted by Gasteiger charge is -2.12. The van der Waals surface area contributed by atoms with Gasteiger partial charge in [0.15, 0.2) is 0 Å². The molecule has 2 aromatic rings. The quantitative estimate of drug-likeness (QED) is 0.881. The highest BCUT2D eigenvalue weighted by molar-refractivity contribution is 6.05. The molecule has 0 bridgehead atoms. The molecule has 2 N–H and O–H groups in total. The molecule has 0 unspecified atom stereocenters. The van der Waals surface area contributed by atoms with Crippen molar-refractivity contribution < 1.29 is 9.59 Å². The molecule has 1 aliphatic rings. The summed E-state index contributed by atoms with van der Waals surface area (Å²) in [7, 11) is 0. The highest BCUT2D eigenvalue weighted by Crippen LogP contribution is 2.37. The van der Waals surface area contributed by atoms with Crippen molar-refractivity contribution in [3.8, 4) is 0 Å². The van der Waals surface area contributed by atoms with Crippen LogP contribution in [0.25, 0.3) is 0 Å². The molecule has 2 amide bonds. The third-order valence-corrected chi connectivity index (χ3v) is 4.65. The van der Waals surface area contributed by atoms with Crippen molar-refractivity contribution in [1.82, 2.24) is 10.3 Å². The second kappa shape index (κ2) is 7.05. The van der Waals surface area contributed by atoms with Gasteiger partial charge in [-0.15, -0.1) is 0 Å². The van der Waals surface area contributed by atoms with Crippen LogP contribution in [0.1, 0.15) is 40.3 Å². The van der Waals surface area contributed by atoms with E-state index in [1.54, 1.807) is 6.20 Å². The number of anilines is 1. The van der Waals surface area contributed by atoms with Crippen LogP contribution in [0.5, 0.6) is 0 Å². The van der Waals surface area contributed by atoms with E-state index in [2.05, 4.69) is 15.6 Å². The Balaban J connectivity index is 1.61. The van der Waals surface area contributed by atoms with E-state index in [-0.39, 0.29) is 18.2 Å². The number of nitrogens with one attached hydrogen (secondary N) is 2. The predicted molar refractivity (Wildman–Crippen MR) is 97.6 cm³/mol. The van der Waals surface area contributed by atoms with Gasteiger partial charge in [-0.1, -0.05) is 12.1 Å². The number of benzene rings is 1. The van der Waals surface area contributed by atoms with E-state index in [1.807, 2.05) is 45.0 Å². The van der Waals surface area contributed by atoms with Gasteiger partial charge in [-0.2, -0.15) is 0 Å². The normalized spacial score (nSPS) is 15.6. The van der Waals surface area contributed by atoms with Crippen molar-refractivity contribution >= 4 is 17.5 Å². The van der Waals surface area contributed by atoms with E-state index in [9.17, 15) is 9.59 Å². The maximum atomic E-state index is 12.3. The Kier molecular flexibility index (Phi) is 4.83. The van der Waals surface area contributed by atoms with Gasteiger partial charge in [-0.25, -0.2) is 0 Å². The molecule has 1 aliphatic heterocycles. The van der Waals surface area contributed by atoms with Crippen LogP contribution in [0.2, 0.25) is 0 Å². The Hall–Kier alpha value is -2.69. The van der Waals surface area contributed by atoms with Crippen LogP contribution in [0, 0.1) is 20.8 Å². The molecule has 0 saturated carbocycles. The van der Waals surface area contributed by atoms with E-state index in [4.69, 9.17) is 0 Å². The fourth-order valence-corrected chi connectivity index (χ4v) is 3.45. The molecule has 130 valence electrons. The number of carbonyl (C=O) groups excluding carboxylic acids is 2. The summed E-state index contributed by atoms with van der Waals surface area (Å²) in [5.41, 5.74) is 6.04. The van der Waals surface area contributed by atoms with Gasteiger partial charge in [-0.05, 0) is 55.2 Å². The molecular weight excluding hydrogens is 314 g/mol. The summed E-state index contributed by atoms with van der Waals surface area (Å²) in [6.07, 6.45) is 2.61. The first-order chi connectivity index (χ1) is 12.0. The van der Waals surface area contributed by atoms with E-state index >= 15 is 0 Å². The minimum absolute atomic E-state index is 0.0978. The smallest absolute Gasteiger partial charge is 0.232 e. The van der Waals surface area contributed by atoms with Gasteiger partial charge in [0, 0.05) is 37.0 Å². The van der Waals surface area contributed by atoms with Gasteiger partial charge >= 0.3 is 0 Å². The Labute approximate surface area is 147 Å². The van der Waals surface area contributed by atoms with Crippen LogP contribution in [0.4, 0.5) is 5.69 Å². The average Bonchev–Trinajstić information content (AvgIpc) is 2.85. The van der Waals surface area contributed by atoms with Crippen LogP contribution in [0.3, 0.4) is 0 Å². The van der Waals surface area contributed by atoms with Gasteiger partial charge in [0.05, 0.1) is 5.92 Å². The number of pyridine rings is 1. The molecule has 5 heteroatoms.